The van der Waals surface area contributed by atoms with Gasteiger partial charge in [0, 0.05) is 29.5 Å². The number of anilines is 2. The molecule has 0 aliphatic heterocycles. The van der Waals surface area contributed by atoms with E-state index in [-0.39, 0.29) is 17.3 Å². The van der Waals surface area contributed by atoms with Gasteiger partial charge >= 0.3 is 6.03 Å². The minimum absolute atomic E-state index is 0.179. The molecule has 2 aromatic rings. The van der Waals surface area contributed by atoms with Gasteiger partial charge in [0.2, 0.25) is 0 Å². The summed E-state index contributed by atoms with van der Waals surface area (Å²) in [6.07, 6.45) is 1.34. The van der Waals surface area contributed by atoms with Crippen molar-refractivity contribution in [3.8, 4) is 0 Å². The van der Waals surface area contributed by atoms with Crippen LogP contribution in [0.5, 0.6) is 0 Å². The molecule has 114 valence electrons. The third kappa shape index (κ3) is 4.10. The van der Waals surface area contributed by atoms with Crippen LogP contribution in [-0.2, 0) is 6.54 Å². The molecule has 0 fully saturated rings. The number of nitrogens with one attached hydrogen (secondary N) is 3. The molecule has 22 heavy (non-hydrogen) atoms. The van der Waals surface area contributed by atoms with E-state index >= 15 is 0 Å². The molecule has 0 aliphatic carbocycles. The fourth-order valence-corrected chi connectivity index (χ4v) is 1.97. The summed E-state index contributed by atoms with van der Waals surface area (Å²) in [5.41, 5.74) is 12.5. The van der Waals surface area contributed by atoms with E-state index in [0.717, 1.165) is 5.56 Å². The molecule has 0 radical (unpaired) electrons. The van der Waals surface area contributed by atoms with Crippen molar-refractivity contribution in [3.05, 3.63) is 52.7 Å². The molecule has 8 heteroatoms. The molecule has 0 saturated carbocycles. The molecular formula is C14H15ClN6O. The lowest BCUT2D eigenvalue weighted by molar-refractivity contribution is 0.251. The molecular weight excluding hydrogens is 304 g/mol. The van der Waals surface area contributed by atoms with E-state index in [4.69, 9.17) is 28.5 Å². The van der Waals surface area contributed by atoms with Crippen LogP contribution in [-0.4, -0.2) is 16.9 Å². The van der Waals surface area contributed by atoms with E-state index < -0.39 is 6.03 Å². The number of carbonyl (C=O) groups excluding carboxylic acids is 1. The number of amidine groups is 1. The molecule has 0 spiro atoms. The lowest BCUT2D eigenvalue weighted by Gasteiger charge is -2.09. The molecule has 7 nitrogen and oxygen atoms in total. The Bertz CT molecular complexity index is 718. The standard InChI is InChI=1S/C14H15ClN6O/c15-9-3-1-2-8(4-9)6-20-14(22)21-12-5-11(16)10(7-19-12)13(17)18/h1-5,7H,6H2,(H3,17,18)(H4,16,19,20,21,22). The molecule has 0 saturated heterocycles. The second-order valence-corrected chi connectivity index (χ2v) is 4.94. The third-order valence-corrected chi connectivity index (χ3v) is 3.04. The van der Waals surface area contributed by atoms with Gasteiger partial charge in [0.15, 0.2) is 0 Å². The molecule has 1 aromatic heterocycles. The van der Waals surface area contributed by atoms with Crippen molar-refractivity contribution in [2.45, 2.75) is 6.54 Å². The number of pyridine rings is 1. The number of rotatable bonds is 4. The van der Waals surface area contributed by atoms with Crippen LogP contribution in [0.3, 0.4) is 0 Å². The Morgan fingerprint density at radius 3 is 2.77 bits per heavy atom. The quantitative estimate of drug-likeness (QED) is 0.435. The number of nitrogens with two attached hydrogens (primary N) is 2. The van der Waals surface area contributed by atoms with Crippen LogP contribution in [0.25, 0.3) is 0 Å². The van der Waals surface area contributed by atoms with Crippen molar-refractivity contribution >= 4 is 35.0 Å². The summed E-state index contributed by atoms with van der Waals surface area (Å²) in [5.74, 6) is 0.0908. The molecule has 1 heterocycles. The van der Waals surface area contributed by atoms with Crippen LogP contribution in [0.2, 0.25) is 5.02 Å². The maximum atomic E-state index is 11.8. The van der Waals surface area contributed by atoms with Crippen molar-refractivity contribution in [2.24, 2.45) is 5.73 Å². The summed E-state index contributed by atoms with van der Waals surface area (Å²) in [5, 5.41) is 13.1. The summed E-state index contributed by atoms with van der Waals surface area (Å²) in [7, 11) is 0. The highest BCUT2D eigenvalue weighted by Crippen LogP contribution is 2.14. The van der Waals surface area contributed by atoms with Crippen molar-refractivity contribution in [2.75, 3.05) is 11.1 Å². The Morgan fingerprint density at radius 1 is 1.36 bits per heavy atom. The Morgan fingerprint density at radius 2 is 2.14 bits per heavy atom. The van der Waals surface area contributed by atoms with Crippen molar-refractivity contribution in [1.29, 1.82) is 5.41 Å². The molecule has 0 unspecified atom stereocenters. The van der Waals surface area contributed by atoms with Gasteiger partial charge in [-0.25, -0.2) is 9.78 Å². The predicted molar refractivity (Wildman–Crippen MR) is 87.0 cm³/mol. The van der Waals surface area contributed by atoms with Crippen molar-refractivity contribution in [3.63, 3.8) is 0 Å². The highest BCUT2D eigenvalue weighted by Gasteiger charge is 2.07. The fraction of sp³-hybridized carbons (Fsp3) is 0.0714. The number of benzene rings is 1. The monoisotopic (exact) mass is 318 g/mol. The zero-order chi connectivity index (χ0) is 16.1. The lowest BCUT2D eigenvalue weighted by Crippen LogP contribution is -2.28. The van der Waals surface area contributed by atoms with Gasteiger partial charge in [0.25, 0.3) is 0 Å². The largest absolute Gasteiger partial charge is 0.398 e. The minimum atomic E-state index is -0.428. The molecule has 0 bridgehead atoms. The average molecular weight is 319 g/mol. The first-order valence-electron chi connectivity index (χ1n) is 6.35. The SMILES string of the molecule is N=C(N)c1cnc(NC(=O)NCc2cccc(Cl)c2)cc1N. The van der Waals surface area contributed by atoms with Gasteiger partial charge < -0.3 is 16.8 Å². The van der Waals surface area contributed by atoms with Crippen molar-refractivity contribution < 1.29 is 4.79 Å². The van der Waals surface area contributed by atoms with Gasteiger partial charge in [-0.3, -0.25) is 10.7 Å². The highest BCUT2D eigenvalue weighted by molar-refractivity contribution is 6.30. The molecule has 2 rings (SSSR count). The third-order valence-electron chi connectivity index (χ3n) is 2.81. The van der Waals surface area contributed by atoms with Gasteiger partial charge in [-0.05, 0) is 17.7 Å². The van der Waals surface area contributed by atoms with E-state index in [2.05, 4.69) is 15.6 Å². The van der Waals surface area contributed by atoms with Crippen LogP contribution in [0.4, 0.5) is 16.3 Å². The second-order valence-electron chi connectivity index (χ2n) is 4.51. The van der Waals surface area contributed by atoms with Crippen LogP contribution in [0.1, 0.15) is 11.1 Å². The molecule has 0 atom stereocenters. The smallest absolute Gasteiger partial charge is 0.320 e. The van der Waals surface area contributed by atoms with E-state index in [1.165, 1.54) is 12.3 Å². The maximum Gasteiger partial charge on any atom is 0.320 e. The molecule has 2 amide bonds. The first kappa shape index (κ1) is 15.6. The summed E-state index contributed by atoms with van der Waals surface area (Å²) < 4.78 is 0. The Labute approximate surface area is 132 Å². The first-order chi connectivity index (χ1) is 10.5. The van der Waals surface area contributed by atoms with Crippen LogP contribution in [0.15, 0.2) is 36.5 Å². The van der Waals surface area contributed by atoms with Crippen LogP contribution in [0, 0.1) is 5.41 Å². The number of aromatic nitrogens is 1. The van der Waals surface area contributed by atoms with E-state index in [9.17, 15) is 4.79 Å². The number of halogens is 1. The zero-order valence-corrected chi connectivity index (χ0v) is 12.3. The number of nitrogens with zero attached hydrogens (tertiary/aromatic N) is 1. The molecule has 7 N–H and O–H groups in total. The Hall–Kier alpha value is -2.80. The number of hydrogen-bond donors (Lipinski definition) is 5. The molecule has 0 aliphatic rings. The number of carbonyl (C=O) groups is 1. The lowest BCUT2D eigenvalue weighted by atomic mass is 10.2. The van der Waals surface area contributed by atoms with Gasteiger partial charge in [-0.15, -0.1) is 0 Å². The van der Waals surface area contributed by atoms with E-state index in [0.29, 0.717) is 17.1 Å². The fourth-order valence-electron chi connectivity index (χ4n) is 1.75. The normalized spacial score (nSPS) is 10.0. The van der Waals surface area contributed by atoms with Gasteiger partial charge in [-0.2, -0.15) is 0 Å². The van der Waals surface area contributed by atoms with Crippen LogP contribution >= 0.6 is 11.6 Å². The summed E-state index contributed by atoms with van der Waals surface area (Å²) in [4.78, 5) is 15.8. The van der Waals surface area contributed by atoms with Gasteiger partial charge in [0.05, 0.1) is 5.56 Å². The zero-order valence-electron chi connectivity index (χ0n) is 11.6. The van der Waals surface area contributed by atoms with Gasteiger partial charge in [0.1, 0.15) is 11.7 Å². The Balaban J connectivity index is 1.95. The van der Waals surface area contributed by atoms with Crippen LogP contribution < -0.4 is 22.1 Å². The predicted octanol–water partition coefficient (Wildman–Crippen LogP) is 1.92. The highest BCUT2D eigenvalue weighted by atomic mass is 35.5. The summed E-state index contributed by atoms with van der Waals surface area (Å²) >= 11 is 5.87. The summed E-state index contributed by atoms with van der Waals surface area (Å²) in [6.45, 7) is 0.327. The number of hydrogen-bond acceptors (Lipinski definition) is 4. The maximum absolute atomic E-state index is 11.8. The Kier molecular flexibility index (Phi) is 4.80. The van der Waals surface area contributed by atoms with Crippen molar-refractivity contribution in [1.82, 2.24) is 10.3 Å². The number of urea groups is 1. The topological polar surface area (TPSA) is 130 Å². The summed E-state index contributed by atoms with van der Waals surface area (Å²) in [6, 6.07) is 8.19. The van der Waals surface area contributed by atoms with Gasteiger partial charge in [-0.1, -0.05) is 23.7 Å². The average Bonchev–Trinajstić information content (AvgIpc) is 2.45. The first-order valence-corrected chi connectivity index (χ1v) is 6.72. The number of nitrogen functional groups attached to an aromatic ring is 2. The molecule has 1 aromatic carbocycles. The van der Waals surface area contributed by atoms with E-state index in [1.807, 2.05) is 6.07 Å². The van der Waals surface area contributed by atoms with E-state index in [1.54, 1.807) is 18.2 Å². The minimum Gasteiger partial charge on any atom is -0.398 e. The second kappa shape index (κ2) is 6.77. The number of amides is 2.